The third-order valence-corrected chi connectivity index (χ3v) is 2.52. The standard InChI is InChI=1S/C13H17N3O2/c1-9(8-11-6-4-3-5-7-11)12(17)10(2)15-16-13(14)18/h3-7,9H,8H2,1-2H3,(H3,14,16,18)/b15-10+. The molecular weight excluding hydrogens is 230 g/mol. The average Bonchev–Trinajstić information content (AvgIpc) is 2.36. The Morgan fingerprint density at radius 3 is 2.50 bits per heavy atom. The molecule has 18 heavy (non-hydrogen) atoms. The minimum atomic E-state index is -0.780. The monoisotopic (exact) mass is 247 g/mol. The normalized spacial score (nSPS) is 12.9. The fourth-order valence-corrected chi connectivity index (χ4v) is 1.61. The number of nitrogens with zero attached hydrogens (tertiary/aromatic N) is 1. The molecule has 96 valence electrons. The molecule has 0 aliphatic heterocycles. The molecule has 1 atom stereocenters. The molecule has 1 aromatic carbocycles. The van der Waals surface area contributed by atoms with E-state index >= 15 is 0 Å². The van der Waals surface area contributed by atoms with Crippen molar-refractivity contribution in [1.29, 1.82) is 0 Å². The fourth-order valence-electron chi connectivity index (χ4n) is 1.61. The van der Waals surface area contributed by atoms with E-state index in [9.17, 15) is 9.59 Å². The second-order valence-electron chi connectivity index (χ2n) is 4.13. The van der Waals surface area contributed by atoms with Crippen molar-refractivity contribution in [2.24, 2.45) is 16.8 Å². The van der Waals surface area contributed by atoms with Crippen molar-refractivity contribution < 1.29 is 9.59 Å². The van der Waals surface area contributed by atoms with Gasteiger partial charge in [-0.3, -0.25) is 4.79 Å². The predicted molar refractivity (Wildman–Crippen MR) is 70.1 cm³/mol. The number of urea groups is 1. The van der Waals surface area contributed by atoms with Crippen molar-refractivity contribution in [2.45, 2.75) is 20.3 Å². The number of benzene rings is 1. The second kappa shape index (κ2) is 6.54. The topological polar surface area (TPSA) is 84.5 Å². The molecule has 1 rings (SSSR count). The first-order valence-electron chi connectivity index (χ1n) is 5.68. The summed E-state index contributed by atoms with van der Waals surface area (Å²) in [7, 11) is 0. The second-order valence-corrected chi connectivity index (χ2v) is 4.13. The number of primary amides is 1. The molecule has 3 N–H and O–H groups in total. The van der Waals surface area contributed by atoms with Crippen LogP contribution in [0.4, 0.5) is 4.79 Å². The third-order valence-electron chi connectivity index (χ3n) is 2.52. The van der Waals surface area contributed by atoms with Crippen molar-refractivity contribution in [3.63, 3.8) is 0 Å². The number of rotatable bonds is 5. The Kier molecular flexibility index (Phi) is 5.05. The lowest BCUT2D eigenvalue weighted by Gasteiger charge is -2.10. The zero-order valence-corrected chi connectivity index (χ0v) is 10.5. The molecule has 1 unspecified atom stereocenters. The van der Waals surface area contributed by atoms with E-state index in [0.717, 1.165) is 5.56 Å². The van der Waals surface area contributed by atoms with Crippen LogP contribution in [-0.4, -0.2) is 17.5 Å². The van der Waals surface area contributed by atoms with E-state index < -0.39 is 6.03 Å². The molecule has 0 aromatic heterocycles. The Morgan fingerprint density at radius 2 is 1.94 bits per heavy atom. The Morgan fingerprint density at radius 1 is 1.33 bits per heavy atom. The highest BCUT2D eigenvalue weighted by Gasteiger charge is 2.16. The van der Waals surface area contributed by atoms with E-state index in [1.165, 1.54) is 0 Å². The molecule has 0 heterocycles. The third kappa shape index (κ3) is 4.37. The molecular formula is C13H17N3O2. The first-order valence-corrected chi connectivity index (χ1v) is 5.68. The summed E-state index contributed by atoms with van der Waals surface area (Å²) in [6.07, 6.45) is 0.642. The molecule has 0 spiro atoms. The molecule has 5 nitrogen and oxygen atoms in total. The quantitative estimate of drug-likeness (QED) is 0.610. The molecule has 0 saturated heterocycles. The highest BCUT2D eigenvalue weighted by atomic mass is 16.2. The maximum atomic E-state index is 11.9. The van der Waals surface area contributed by atoms with E-state index in [2.05, 4.69) is 10.5 Å². The predicted octanol–water partition coefficient (Wildman–Crippen LogP) is 1.48. The van der Waals surface area contributed by atoms with Gasteiger partial charge in [-0.2, -0.15) is 5.10 Å². The smallest absolute Gasteiger partial charge is 0.332 e. The van der Waals surface area contributed by atoms with Gasteiger partial charge in [0.15, 0.2) is 5.78 Å². The van der Waals surface area contributed by atoms with Gasteiger partial charge in [-0.15, -0.1) is 0 Å². The lowest BCUT2D eigenvalue weighted by Crippen LogP contribution is -2.29. The summed E-state index contributed by atoms with van der Waals surface area (Å²) in [5.74, 6) is -0.293. The first-order chi connectivity index (χ1) is 8.50. The lowest BCUT2D eigenvalue weighted by atomic mass is 9.95. The number of nitrogens with two attached hydrogens (primary N) is 1. The van der Waals surface area contributed by atoms with Crippen LogP contribution in [0.25, 0.3) is 0 Å². The SMILES string of the molecule is C/C(=N\NC(N)=O)C(=O)C(C)Cc1ccccc1. The minimum Gasteiger partial charge on any atom is -0.350 e. The summed E-state index contributed by atoms with van der Waals surface area (Å²) < 4.78 is 0. The fraction of sp³-hybridized carbons (Fsp3) is 0.308. The van der Waals surface area contributed by atoms with Crippen molar-refractivity contribution >= 4 is 17.5 Å². The minimum absolute atomic E-state index is 0.104. The van der Waals surface area contributed by atoms with Crippen LogP contribution < -0.4 is 11.2 Å². The molecule has 0 radical (unpaired) electrons. The molecule has 0 saturated carbocycles. The van der Waals surface area contributed by atoms with Crippen LogP contribution >= 0.6 is 0 Å². The number of amides is 2. The van der Waals surface area contributed by atoms with Gasteiger partial charge in [0.25, 0.3) is 0 Å². The molecule has 1 aromatic rings. The molecule has 5 heteroatoms. The number of carbonyl (C=O) groups excluding carboxylic acids is 2. The lowest BCUT2D eigenvalue weighted by molar-refractivity contribution is -0.116. The number of Topliss-reactive ketones (excluding diaryl/α,β-unsaturated/α-hetero) is 1. The van der Waals surface area contributed by atoms with Gasteiger partial charge in [-0.1, -0.05) is 37.3 Å². The van der Waals surface area contributed by atoms with Crippen molar-refractivity contribution in [3.05, 3.63) is 35.9 Å². The van der Waals surface area contributed by atoms with Gasteiger partial charge in [-0.25, -0.2) is 10.2 Å². The molecule has 2 amide bonds. The van der Waals surface area contributed by atoms with Crippen LogP contribution in [0.2, 0.25) is 0 Å². The molecule has 0 fully saturated rings. The molecule has 0 aliphatic carbocycles. The van der Waals surface area contributed by atoms with Crippen molar-refractivity contribution in [1.82, 2.24) is 5.43 Å². The van der Waals surface area contributed by atoms with Gasteiger partial charge in [-0.05, 0) is 18.9 Å². The average molecular weight is 247 g/mol. The Hall–Kier alpha value is -2.17. The zero-order valence-electron chi connectivity index (χ0n) is 10.5. The summed E-state index contributed by atoms with van der Waals surface area (Å²) in [6, 6.07) is 8.96. The number of nitrogens with one attached hydrogen (secondary N) is 1. The van der Waals surface area contributed by atoms with Gasteiger partial charge in [0.2, 0.25) is 0 Å². The van der Waals surface area contributed by atoms with E-state index in [4.69, 9.17) is 5.73 Å². The Bertz CT molecular complexity index is 455. The summed E-state index contributed by atoms with van der Waals surface area (Å²) in [6.45, 7) is 3.39. The van der Waals surface area contributed by atoms with Crippen LogP contribution in [0.3, 0.4) is 0 Å². The van der Waals surface area contributed by atoms with Gasteiger partial charge in [0, 0.05) is 5.92 Å². The van der Waals surface area contributed by atoms with Crippen LogP contribution in [0.1, 0.15) is 19.4 Å². The Balaban J connectivity index is 2.61. The number of ketones is 1. The largest absolute Gasteiger partial charge is 0.350 e. The zero-order chi connectivity index (χ0) is 13.5. The summed E-state index contributed by atoms with van der Waals surface area (Å²) in [5.41, 5.74) is 8.26. The summed E-state index contributed by atoms with van der Waals surface area (Å²) in [4.78, 5) is 22.4. The molecule has 0 bridgehead atoms. The summed E-state index contributed by atoms with van der Waals surface area (Å²) >= 11 is 0. The van der Waals surface area contributed by atoms with Crippen LogP contribution in [-0.2, 0) is 11.2 Å². The highest BCUT2D eigenvalue weighted by Crippen LogP contribution is 2.09. The first kappa shape index (κ1) is 13.9. The number of hydrogen-bond acceptors (Lipinski definition) is 3. The van der Waals surface area contributed by atoms with Crippen LogP contribution in [0, 0.1) is 5.92 Å². The molecule has 0 aliphatic rings. The number of hydrazone groups is 1. The van der Waals surface area contributed by atoms with Gasteiger partial charge < -0.3 is 5.73 Å². The van der Waals surface area contributed by atoms with Crippen molar-refractivity contribution in [3.8, 4) is 0 Å². The van der Waals surface area contributed by atoms with Crippen LogP contribution in [0.5, 0.6) is 0 Å². The maximum Gasteiger partial charge on any atom is 0.332 e. The maximum absolute atomic E-state index is 11.9. The van der Waals surface area contributed by atoms with E-state index in [-0.39, 0.29) is 17.4 Å². The van der Waals surface area contributed by atoms with E-state index in [0.29, 0.717) is 6.42 Å². The van der Waals surface area contributed by atoms with Crippen molar-refractivity contribution in [2.75, 3.05) is 0 Å². The Labute approximate surface area is 106 Å². The van der Waals surface area contributed by atoms with E-state index in [1.54, 1.807) is 6.92 Å². The number of hydrogen-bond donors (Lipinski definition) is 2. The van der Waals surface area contributed by atoms with Gasteiger partial charge in [0.1, 0.15) is 5.71 Å². The van der Waals surface area contributed by atoms with Crippen LogP contribution in [0.15, 0.2) is 35.4 Å². The highest BCUT2D eigenvalue weighted by molar-refractivity contribution is 6.39. The van der Waals surface area contributed by atoms with Gasteiger partial charge >= 0.3 is 6.03 Å². The number of carbonyl (C=O) groups is 2. The van der Waals surface area contributed by atoms with Gasteiger partial charge in [0.05, 0.1) is 0 Å². The van der Waals surface area contributed by atoms with E-state index in [1.807, 2.05) is 37.3 Å². The summed E-state index contributed by atoms with van der Waals surface area (Å²) in [5, 5.41) is 3.63.